The summed E-state index contributed by atoms with van der Waals surface area (Å²) < 4.78 is 14.0. The maximum absolute atomic E-state index is 10.8. The Balaban J connectivity index is 2.48. The van der Waals surface area contributed by atoms with Crippen LogP contribution in [0.5, 0.6) is 11.5 Å². The summed E-state index contributed by atoms with van der Waals surface area (Å²) in [6, 6.07) is 6.01. The first-order valence-electron chi connectivity index (χ1n) is 4.44. The Bertz CT molecular complexity index is 336. The third kappa shape index (κ3) is 4.20. The second-order valence-electron chi connectivity index (χ2n) is 2.78. The van der Waals surface area contributed by atoms with Gasteiger partial charge < -0.3 is 24.2 Å². The van der Waals surface area contributed by atoms with E-state index in [-0.39, 0.29) is 12.4 Å². The number of hydrogen-bond donors (Lipinski definition) is 2. The highest BCUT2D eigenvalue weighted by Gasteiger charge is 2.10. The van der Waals surface area contributed by atoms with Crippen LogP contribution in [0, 0.1) is 0 Å². The van der Waals surface area contributed by atoms with Crippen LogP contribution in [0.25, 0.3) is 0 Å². The average Bonchev–Trinajstić information content (AvgIpc) is 2.27. The third-order valence-electron chi connectivity index (χ3n) is 1.65. The number of hydrogen-bond acceptors (Lipinski definition) is 6. The summed E-state index contributed by atoms with van der Waals surface area (Å²) in [5.41, 5.74) is 0. The van der Waals surface area contributed by atoms with E-state index < -0.39 is 13.3 Å². The van der Waals surface area contributed by atoms with E-state index in [0.717, 1.165) is 0 Å². The normalized spacial score (nSPS) is 9.44. The van der Waals surface area contributed by atoms with Crippen LogP contribution < -0.4 is 9.39 Å². The number of carbonyl (C=O) groups is 1. The Morgan fingerprint density at radius 3 is 2.31 bits per heavy atom. The molecule has 0 fully saturated rings. The van der Waals surface area contributed by atoms with Gasteiger partial charge in [-0.05, 0) is 24.3 Å². The number of rotatable bonds is 5. The molecule has 2 N–H and O–H groups in total. The van der Waals surface area contributed by atoms with Crippen molar-refractivity contribution in [2.45, 2.75) is 0 Å². The molecule has 0 saturated carbocycles. The zero-order chi connectivity index (χ0) is 12.0. The topological polar surface area (TPSA) is 85.2 Å². The van der Waals surface area contributed by atoms with Crippen molar-refractivity contribution < 1.29 is 29.0 Å². The highest BCUT2D eigenvalue weighted by Crippen LogP contribution is 2.17. The van der Waals surface area contributed by atoms with Gasteiger partial charge in [0.15, 0.2) is 6.61 Å². The van der Waals surface area contributed by atoms with E-state index in [0.29, 0.717) is 5.75 Å². The van der Waals surface area contributed by atoms with Crippen molar-refractivity contribution in [2.24, 2.45) is 0 Å². The van der Waals surface area contributed by atoms with Crippen LogP contribution in [0.15, 0.2) is 24.3 Å². The van der Waals surface area contributed by atoms with Gasteiger partial charge in [-0.3, -0.25) is 0 Å². The van der Waals surface area contributed by atoms with Gasteiger partial charge in [-0.25, -0.2) is 4.79 Å². The maximum atomic E-state index is 10.8. The predicted octanol–water partition coefficient (Wildman–Crippen LogP) is -0.413. The molecule has 0 aliphatic heterocycles. The lowest BCUT2D eigenvalue weighted by molar-refractivity contribution is -0.142. The zero-order valence-corrected chi connectivity index (χ0v) is 8.62. The highest BCUT2D eigenvalue weighted by molar-refractivity contribution is 6.33. The summed E-state index contributed by atoms with van der Waals surface area (Å²) >= 11 is 0. The summed E-state index contributed by atoms with van der Waals surface area (Å²) in [5.74, 6) is 0.247. The molecule has 0 heterocycles. The fraction of sp³-hybridized carbons (Fsp3) is 0.222. The van der Waals surface area contributed by atoms with Crippen LogP contribution in [0.1, 0.15) is 0 Å². The van der Waals surface area contributed by atoms with Crippen LogP contribution >= 0.6 is 0 Å². The summed E-state index contributed by atoms with van der Waals surface area (Å²) in [6.45, 7) is -0.181. The summed E-state index contributed by atoms with van der Waals surface area (Å²) in [7, 11) is -0.590. The molecule has 0 bridgehead atoms. The molecule has 0 aliphatic rings. The molecule has 0 radical (unpaired) electrons. The van der Waals surface area contributed by atoms with Crippen LogP contribution in [0.4, 0.5) is 0 Å². The smallest absolute Gasteiger partial charge is 0.512 e. The summed E-state index contributed by atoms with van der Waals surface area (Å²) in [6.07, 6.45) is 0. The van der Waals surface area contributed by atoms with E-state index >= 15 is 0 Å². The van der Waals surface area contributed by atoms with Crippen molar-refractivity contribution in [3.8, 4) is 11.5 Å². The minimum absolute atomic E-state index is 0.181. The van der Waals surface area contributed by atoms with Gasteiger partial charge in [-0.1, -0.05) is 0 Å². The molecular formula is C9H11BO6. The zero-order valence-electron chi connectivity index (χ0n) is 8.62. The quantitative estimate of drug-likeness (QED) is 0.524. The number of esters is 1. The largest absolute Gasteiger partial charge is 0.707 e. The minimum atomic E-state index is -1.86. The molecule has 0 atom stereocenters. The van der Waals surface area contributed by atoms with Gasteiger partial charge in [0.1, 0.15) is 11.5 Å². The first kappa shape index (κ1) is 12.3. The Kier molecular flexibility index (Phi) is 4.62. The van der Waals surface area contributed by atoms with Gasteiger partial charge in [-0.2, -0.15) is 0 Å². The van der Waals surface area contributed by atoms with Crippen molar-refractivity contribution in [3.05, 3.63) is 24.3 Å². The molecule has 1 aromatic rings. The Labute approximate surface area is 92.5 Å². The third-order valence-corrected chi connectivity index (χ3v) is 1.65. The SMILES string of the molecule is COC(=O)COc1ccc(OB(O)O)cc1. The van der Waals surface area contributed by atoms with Gasteiger partial charge >= 0.3 is 13.3 Å². The lowest BCUT2D eigenvalue weighted by atomic mass is 10.2. The van der Waals surface area contributed by atoms with Crippen LogP contribution in [-0.4, -0.2) is 37.1 Å². The van der Waals surface area contributed by atoms with Crippen LogP contribution in [-0.2, 0) is 9.53 Å². The first-order chi connectivity index (χ1) is 7.61. The lowest BCUT2D eigenvalue weighted by Gasteiger charge is -2.07. The fourth-order valence-corrected chi connectivity index (χ4v) is 0.937. The Morgan fingerprint density at radius 2 is 1.81 bits per heavy atom. The van der Waals surface area contributed by atoms with Crippen molar-refractivity contribution in [3.63, 3.8) is 0 Å². The fourth-order valence-electron chi connectivity index (χ4n) is 0.937. The summed E-state index contributed by atoms with van der Waals surface area (Å²) in [4.78, 5) is 10.8. The number of carbonyl (C=O) groups excluding carboxylic acids is 1. The molecule has 0 aromatic heterocycles. The van der Waals surface area contributed by atoms with Gasteiger partial charge in [-0.15, -0.1) is 0 Å². The summed E-state index contributed by atoms with van der Waals surface area (Å²) in [5, 5.41) is 17.0. The molecule has 6 nitrogen and oxygen atoms in total. The van der Waals surface area contributed by atoms with Crippen molar-refractivity contribution in [1.82, 2.24) is 0 Å². The van der Waals surface area contributed by atoms with Crippen molar-refractivity contribution >= 4 is 13.3 Å². The van der Waals surface area contributed by atoms with E-state index in [1.807, 2.05) is 0 Å². The van der Waals surface area contributed by atoms with Crippen LogP contribution in [0.3, 0.4) is 0 Å². The van der Waals surface area contributed by atoms with E-state index in [1.165, 1.54) is 31.4 Å². The molecule has 0 saturated heterocycles. The molecule has 1 aromatic carbocycles. The average molecular weight is 226 g/mol. The predicted molar refractivity (Wildman–Crippen MR) is 54.8 cm³/mol. The van der Waals surface area contributed by atoms with Crippen molar-refractivity contribution in [2.75, 3.05) is 13.7 Å². The molecule has 1 rings (SSSR count). The monoisotopic (exact) mass is 226 g/mol. The molecule has 86 valence electrons. The molecule has 0 aliphatic carbocycles. The molecule has 7 heteroatoms. The van der Waals surface area contributed by atoms with E-state index in [9.17, 15) is 4.79 Å². The van der Waals surface area contributed by atoms with Gasteiger partial charge in [0.25, 0.3) is 0 Å². The second-order valence-corrected chi connectivity index (χ2v) is 2.78. The van der Waals surface area contributed by atoms with E-state index in [2.05, 4.69) is 9.39 Å². The Hall–Kier alpha value is -1.73. The maximum Gasteiger partial charge on any atom is 0.707 e. The number of benzene rings is 1. The van der Waals surface area contributed by atoms with Gasteiger partial charge in [0, 0.05) is 0 Å². The molecule has 0 unspecified atom stereocenters. The highest BCUT2D eigenvalue weighted by atomic mass is 16.6. The second kappa shape index (κ2) is 5.99. The Morgan fingerprint density at radius 1 is 1.25 bits per heavy atom. The molecular weight excluding hydrogens is 215 g/mol. The first-order valence-corrected chi connectivity index (χ1v) is 4.44. The lowest BCUT2D eigenvalue weighted by Crippen LogP contribution is -2.20. The van der Waals surface area contributed by atoms with Crippen LogP contribution in [0.2, 0.25) is 0 Å². The van der Waals surface area contributed by atoms with E-state index in [1.54, 1.807) is 0 Å². The molecule has 0 amide bonds. The van der Waals surface area contributed by atoms with Crippen molar-refractivity contribution in [1.29, 1.82) is 0 Å². The molecule has 16 heavy (non-hydrogen) atoms. The standard InChI is InChI=1S/C9H11BO6/c1-14-9(11)6-15-7-2-4-8(5-3-7)16-10(12)13/h2-5,12-13H,6H2,1H3. The number of ether oxygens (including phenoxy) is 2. The van der Waals surface area contributed by atoms with E-state index in [4.69, 9.17) is 14.8 Å². The van der Waals surface area contributed by atoms with Gasteiger partial charge in [0.2, 0.25) is 0 Å². The van der Waals surface area contributed by atoms with Gasteiger partial charge in [0.05, 0.1) is 7.11 Å². The molecule has 0 spiro atoms. The number of methoxy groups -OCH3 is 1. The minimum Gasteiger partial charge on any atom is -0.512 e.